The molecule has 1 rings (SSSR count). The van der Waals surface area contributed by atoms with Gasteiger partial charge in [0.1, 0.15) is 5.75 Å². The van der Waals surface area contributed by atoms with Crippen LogP contribution in [0.2, 0.25) is 5.02 Å². The number of likely N-dealkylation sites (N-methyl/N-ethyl adjacent to an activating group) is 2. The molecule has 0 atom stereocenters. The maximum absolute atomic E-state index is 9.67. The molecule has 0 aliphatic carbocycles. The van der Waals surface area contributed by atoms with Crippen LogP contribution in [-0.2, 0) is 6.54 Å². The summed E-state index contributed by atoms with van der Waals surface area (Å²) in [6.45, 7) is 2.66. The summed E-state index contributed by atoms with van der Waals surface area (Å²) < 4.78 is 0. The Hall–Kier alpha value is -0.770. The summed E-state index contributed by atoms with van der Waals surface area (Å²) in [5.74, 6) is 0.307. The van der Waals surface area contributed by atoms with Gasteiger partial charge in [0.15, 0.2) is 0 Å². The molecule has 0 spiro atoms. The summed E-state index contributed by atoms with van der Waals surface area (Å²) in [6, 6.07) is 5.14. The van der Waals surface area contributed by atoms with E-state index in [-0.39, 0.29) is 0 Å². The van der Waals surface area contributed by atoms with E-state index >= 15 is 0 Å². The highest BCUT2D eigenvalue weighted by atomic mass is 35.5. The number of halogens is 1. The Morgan fingerprint density at radius 1 is 1.19 bits per heavy atom. The van der Waals surface area contributed by atoms with Crippen LogP contribution in [0, 0.1) is 0 Å². The van der Waals surface area contributed by atoms with Gasteiger partial charge in [-0.1, -0.05) is 11.6 Å². The Bertz CT molecular complexity index is 342. The molecule has 90 valence electrons. The van der Waals surface area contributed by atoms with Crippen molar-refractivity contribution in [2.45, 2.75) is 6.54 Å². The monoisotopic (exact) mass is 242 g/mol. The van der Waals surface area contributed by atoms with Gasteiger partial charge in [-0.05, 0) is 39.3 Å². The van der Waals surface area contributed by atoms with Gasteiger partial charge in [0.2, 0.25) is 0 Å². The second-order valence-corrected chi connectivity index (χ2v) is 4.75. The number of phenolic OH excluding ortho intramolecular Hbond substituents is 1. The van der Waals surface area contributed by atoms with Crippen LogP contribution in [0.5, 0.6) is 5.75 Å². The quantitative estimate of drug-likeness (QED) is 0.856. The highest BCUT2D eigenvalue weighted by molar-refractivity contribution is 6.30. The maximum atomic E-state index is 9.67. The first-order chi connectivity index (χ1) is 7.49. The highest BCUT2D eigenvalue weighted by Crippen LogP contribution is 2.22. The summed E-state index contributed by atoms with van der Waals surface area (Å²) in [5, 5.41) is 10.3. The van der Waals surface area contributed by atoms with Gasteiger partial charge in [-0.25, -0.2) is 0 Å². The zero-order valence-corrected chi connectivity index (χ0v) is 10.8. The highest BCUT2D eigenvalue weighted by Gasteiger charge is 2.06. The van der Waals surface area contributed by atoms with Crippen LogP contribution >= 0.6 is 11.6 Å². The minimum atomic E-state index is 0.307. The normalized spacial score (nSPS) is 11.4. The molecule has 4 heteroatoms. The third-order valence-electron chi connectivity index (χ3n) is 2.41. The molecule has 1 N–H and O–H groups in total. The van der Waals surface area contributed by atoms with Crippen molar-refractivity contribution in [1.29, 1.82) is 0 Å². The van der Waals surface area contributed by atoms with Crippen LogP contribution in [0.3, 0.4) is 0 Å². The standard InChI is InChI=1S/C12H19ClN2O/c1-14(2)6-7-15(3)9-10-8-11(13)4-5-12(10)16/h4-5,8,16H,6-7,9H2,1-3H3. The van der Waals surface area contributed by atoms with Gasteiger partial charge in [0, 0.05) is 30.2 Å². The Labute approximate surface area is 102 Å². The second-order valence-electron chi connectivity index (χ2n) is 4.31. The summed E-state index contributed by atoms with van der Waals surface area (Å²) in [5.41, 5.74) is 0.869. The molecule has 3 nitrogen and oxygen atoms in total. The fourth-order valence-electron chi connectivity index (χ4n) is 1.42. The lowest BCUT2D eigenvalue weighted by molar-refractivity contribution is 0.273. The van der Waals surface area contributed by atoms with Crippen molar-refractivity contribution >= 4 is 11.6 Å². The summed E-state index contributed by atoms with van der Waals surface area (Å²) in [6.07, 6.45) is 0. The molecule has 0 aliphatic heterocycles. The van der Waals surface area contributed by atoms with Crippen molar-refractivity contribution in [3.8, 4) is 5.75 Å². The molecule has 1 aromatic rings. The van der Waals surface area contributed by atoms with Crippen molar-refractivity contribution in [3.05, 3.63) is 28.8 Å². The van der Waals surface area contributed by atoms with Crippen LogP contribution in [0.15, 0.2) is 18.2 Å². The van der Waals surface area contributed by atoms with E-state index in [0.717, 1.165) is 18.7 Å². The summed E-state index contributed by atoms with van der Waals surface area (Å²) >= 11 is 5.89. The van der Waals surface area contributed by atoms with Crippen molar-refractivity contribution < 1.29 is 5.11 Å². The molecule has 1 aromatic carbocycles. The Kier molecular flexibility index (Phi) is 5.06. The lowest BCUT2D eigenvalue weighted by Gasteiger charge is -2.19. The number of nitrogens with zero attached hydrogens (tertiary/aromatic N) is 2. The van der Waals surface area contributed by atoms with E-state index in [1.165, 1.54) is 0 Å². The Morgan fingerprint density at radius 3 is 2.50 bits per heavy atom. The molecule has 16 heavy (non-hydrogen) atoms. The third kappa shape index (κ3) is 4.39. The summed E-state index contributed by atoms with van der Waals surface area (Å²) in [4.78, 5) is 4.29. The Morgan fingerprint density at radius 2 is 1.88 bits per heavy atom. The predicted molar refractivity (Wildman–Crippen MR) is 68.0 cm³/mol. The van der Waals surface area contributed by atoms with Crippen LogP contribution < -0.4 is 0 Å². The van der Waals surface area contributed by atoms with Crippen molar-refractivity contribution in [2.24, 2.45) is 0 Å². The first-order valence-electron chi connectivity index (χ1n) is 5.29. The van der Waals surface area contributed by atoms with E-state index < -0.39 is 0 Å². The fraction of sp³-hybridized carbons (Fsp3) is 0.500. The van der Waals surface area contributed by atoms with Crippen LogP contribution in [0.25, 0.3) is 0 Å². The average molecular weight is 243 g/mol. The first kappa shape index (κ1) is 13.3. The van der Waals surface area contributed by atoms with Gasteiger partial charge in [-0.3, -0.25) is 0 Å². The zero-order valence-electron chi connectivity index (χ0n) is 10.1. The Balaban J connectivity index is 2.55. The van der Waals surface area contributed by atoms with Crippen molar-refractivity contribution in [3.63, 3.8) is 0 Å². The molecule has 0 amide bonds. The van der Waals surface area contributed by atoms with Crippen molar-refractivity contribution in [1.82, 2.24) is 9.80 Å². The molecule has 0 aromatic heterocycles. The number of phenols is 1. The van der Waals surface area contributed by atoms with Gasteiger partial charge in [0.25, 0.3) is 0 Å². The minimum absolute atomic E-state index is 0.307. The molecule has 0 fully saturated rings. The zero-order chi connectivity index (χ0) is 12.1. The van der Waals surface area contributed by atoms with E-state index in [1.54, 1.807) is 12.1 Å². The molecule has 0 heterocycles. The molecule has 0 unspecified atom stereocenters. The van der Waals surface area contributed by atoms with Gasteiger partial charge in [-0.15, -0.1) is 0 Å². The minimum Gasteiger partial charge on any atom is -0.508 e. The molecule has 0 radical (unpaired) electrons. The van der Waals surface area contributed by atoms with Crippen LogP contribution in [-0.4, -0.2) is 49.1 Å². The molecule has 0 bridgehead atoms. The topological polar surface area (TPSA) is 26.7 Å². The lowest BCUT2D eigenvalue weighted by Crippen LogP contribution is -2.28. The van der Waals surface area contributed by atoms with Crippen molar-refractivity contribution in [2.75, 3.05) is 34.2 Å². The molecule has 0 saturated heterocycles. The lowest BCUT2D eigenvalue weighted by atomic mass is 10.2. The smallest absolute Gasteiger partial charge is 0.120 e. The summed E-state index contributed by atoms with van der Waals surface area (Å²) in [7, 11) is 6.12. The fourth-order valence-corrected chi connectivity index (χ4v) is 1.62. The van der Waals surface area contributed by atoms with Gasteiger partial charge >= 0.3 is 0 Å². The number of rotatable bonds is 5. The van der Waals surface area contributed by atoms with Gasteiger partial charge < -0.3 is 14.9 Å². The first-order valence-corrected chi connectivity index (χ1v) is 5.67. The second kappa shape index (κ2) is 6.09. The molecular weight excluding hydrogens is 224 g/mol. The van der Waals surface area contributed by atoms with E-state index in [2.05, 4.69) is 9.80 Å². The SMILES string of the molecule is CN(C)CCN(C)Cc1cc(Cl)ccc1O. The number of hydrogen-bond acceptors (Lipinski definition) is 3. The maximum Gasteiger partial charge on any atom is 0.120 e. The van der Waals surface area contributed by atoms with E-state index in [4.69, 9.17) is 11.6 Å². The number of benzene rings is 1. The van der Waals surface area contributed by atoms with E-state index in [1.807, 2.05) is 27.2 Å². The van der Waals surface area contributed by atoms with Gasteiger partial charge in [-0.2, -0.15) is 0 Å². The van der Waals surface area contributed by atoms with Gasteiger partial charge in [0.05, 0.1) is 0 Å². The van der Waals surface area contributed by atoms with E-state index in [0.29, 0.717) is 17.3 Å². The largest absolute Gasteiger partial charge is 0.508 e. The molecular formula is C12H19ClN2O. The third-order valence-corrected chi connectivity index (χ3v) is 2.65. The molecule has 0 saturated carbocycles. The molecule has 0 aliphatic rings. The predicted octanol–water partition coefficient (Wildman–Crippen LogP) is 2.04. The van der Waals surface area contributed by atoms with Crippen LogP contribution in [0.4, 0.5) is 0 Å². The number of hydrogen-bond donors (Lipinski definition) is 1. The van der Waals surface area contributed by atoms with Crippen LogP contribution in [0.1, 0.15) is 5.56 Å². The number of aromatic hydroxyl groups is 1. The average Bonchev–Trinajstić information content (AvgIpc) is 2.20. The van der Waals surface area contributed by atoms with E-state index in [9.17, 15) is 5.11 Å².